The lowest BCUT2D eigenvalue weighted by Crippen LogP contribution is -2.33. The van der Waals surface area contributed by atoms with E-state index in [1.165, 1.54) is 7.11 Å². The van der Waals surface area contributed by atoms with Crippen molar-refractivity contribution < 1.29 is 19.4 Å². The number of hydrogen-bond donors (Lipinski definition) is 3. The van der Waals surface area contributed by atoms with Crippen molar-refractivity contribution in [2.75, 3.05) is 12.8 Å². The molecular formula is C14H16N2O4. The number of nitrogen functional groups attached to an aromatic ring is 1. The van der Waals surface area contributed by atoms with Gasteiger partial charge in [-0.1, -0.05) is 12.2 Å². The van der Waals surface area contributed by atoms with Crippen LogP contribution in [0, 0.1) is 5.92 Å². The highest BCUT2D eigenvalue weighted by atomic mass is 16.5. The van der Waals surface area contributed by atoms with E-state index in [0.717, 1.165) is 0 Å². The molecule has 2 unspecified atom stereocenters. The summed E-state index contributed by atoms with van der Waals surface area (Å²) in [5, 5.41) is 11.7. The van der Waals surface area contributed by atoms with Gasteiger partial charge >= 0.3 is 5.97 Å². The van der Waals surface area contributed by atoms with E-state index in [4.69, 9.17) is 15.6 Å². The van der Waals surface area contributed by atoms with Gasteiger partial charge in [0.1, 0.15) is 5.75 Å². The highest BCUT2D eigenvalue weighted by Crippen LogP contribution is 2.23. The number of amides is 1. The molecular weight excluding hydrogens is 260 g/mol. The van der Waals surface area contributed by atoms with E-state index in [1.54, 1.807) is 30.4 Å². The summed E-state index contributed by atoms with van der Waals surface area (Å²) in [7, 11) is 1.46. The molecule has 2 atom stereocenters. The molecule has 0 saturated carbocycles. The van der Waals surface area contributed by atoms with Gasteiger partial charge in [-0.2, -0.15) is 0 Å². The zero-order chi connectivity index (χ0) is 14.7. The van der Waals surface area contributed by atoms with Crippen molar-refractivity contribution in [3.05, 3.63) is 35.9 Å². The van der Waals surface area contributed by atoms with Crippen LogP contribution in [0.4, 0.5) is 5.69 Å². The Morgan fingerprint density at radius 2 is 2.15 bits per heavy atom. The molecule has 0 saturated heterocycles. The van der Waals surface area contributed by atoms with Gasteiger partial charge < -0.3 is 20.9 Å². The third-order valence-electron chi connectivity index (χ3n) is 3.19. The van der Waals surface area contributed by atoms with E-state index in [2.05, 4.69) is 5.32 Å². The Balaban J connectivity index is 2.07. The normalized spacial score (nSPS) is 20.6. The fraction of sp³-hybridized carbons (Fsp3) is 0.286. The molecule has 1 aromatic carbocycles. The molecule has 0 bridgehead atoms. The van der Waals surface area contributed by atoms with Gasteiger partial charge in [0.05, 0.1) is 18.6 Å². The largest absolute Gasteiger partial charge is 0.496 e. The molecule has 0 aromatic heterocycles. The van der Waals surface area contributed by atoms with Gasteiger partial charge in [-0.25, -0.2) is 0 Å². The fourth-order valence-electron chi connectivity index (χ4n) is 2.13. The van der Waals surface area contributed by atoms with Gasteiger partial charge in [-0.05, 0) is 18.6 Å². The molecule has 20 heavy (non-hydrogen) atoms. The van der Waals surface area contributed by atoms with Crippen molar-refractivity contribution in [1.29, 1.82) is 0 Å². The smallest absolute Gasteiger partial charge is 0.310 e. The van der Waals surface area contributed by atoms with Crippen LogP contribution in [0.5, 0.6) is 5.75 Å². The monoisotopic (exact) mass is 276 g/mol. The van der Waals surface area contributed by atoms with E-state index >= 15 is 0 Å². The third kappa shape index (κ3) is 2.90. The van der Waals surface area contributed by atoms with Crippen LogP contribution in [-0.2, 0) is 4.79 Å². The van der Waals surface area contributed by atoms with Crippen LogP contribution < -0.4 is 15.8 Å². The van der Waals surface area contributed by atoms with Gasteiger partial charge in [-0.15, -0.1) is 0 Å². The predicted molar refractivity (Wildman–Crippen MR) is 73.5 cm³/mol. The van der Waals surface area contributed by atoms with Gasteiger partial charge in [0, 0.05) is 17.8 Å². The van der Waals surface area contributed by atoms with Crippen LogP contribution >= 0.6 is 0 Å². The number of carboxylic acids is 1. The molecule has 6 nitrogen and oxygen atoms in total. The Bertz CT molecular complexity index is 568. The Morgan fingerprint density at radius 3 is 2.75 bits per heavy atom. The van der Waals surface area contributed by atoms with Crippen LogP contribution in [0.2, 0.25) is 0 Å². The van der Waals surface area contributed by atoms with Crippen LogP contribution in [-0.4, -0.2) is 30.1 Å². The molecule has 1 aliphatic rings. The van der Waals surface area contributed by atoms with E-state index in [0.29, 0.717) is 23.4 Å². The number of anilines is 1. The zero-order valence-corrected chi connectivity index (χ0v) is 11.0. The molecule has 0 spiro atoms. The second-order valence-corrected chi connectivity index (χ2v) is 4.61. The first-order chi connectivity index (χ1) is 9.51. The number of aliphatic carboxylic acids is 1. The second kappa shape index (κ2) is 5.64. The lowest BCUT2D eigenvalue weighted by Gasteiger charge is -2.14. The quantitative estimate of drug-likeness (QED) is 0.563. The summed E-state index contributed by atoms with van der Waals surface area (Å²) in [6.45, 7) is 0. The summed E-state index contributed by atoms with van der Waals surface area (Å²) in [4.78, 5) is 23.0. The van der Waals surface area contributed by atoms with E-state index in [9.17, 15) is 9.59 Å². The van der Waals surface area contributed by atoms with Crippen LogP contribution in [0.25, 0.3) is 0 Å². The number of rotatable bonds is 4. The average molecular weight is 276 g/mol. The summed E-state index contributed by atoms with van der Waals surface area (Å²) in [6, 6.07) is 4.48. The van der Waals surface area contributed by atoms with Gasteiger partial charge in [-0.3, -0.25) is 9.59 Å². The van der Waals surface area contributed by atoms with Crippen LogP contribution in [0.3, 0.4) is 0 Å². The number of nitrogens with two attached hydrogens (primary N) is 1. The van der Waals surface area contributed by atoms with Gasteiger partial charge in [0.25, 0.3) is 5.91 Å². The van der Waals surface area contributed by atoms with Crippen molar-refractivity contribution in [3.8, 4) is 5.75 Å². The topological polar surface area (TPSA) is 102 Å². The number of hydrogen-bond acceptors (Lipinski definition) is 4. The Labute approximate surface area is 116 Å². The highest BCUT2D eigenvalue weighted by molar-refractivity contribution is 5.97. The maximum absolute atomic E-state index is 12.2. The summed E-state index contributed by atoms with van der Waals surface area (Å²) in [5.41, 5.74) is 6.50. The molecule has 1 aliphatic carbocycles. The molecule has 0 radical (unpaired) electrons. The Kier molecular flexibility index (Phi) is 3.93. The highest BCUT2D eigenvalue weighted by Gasteiger charge is 2.26. The molecule has 0 heterocycles. The lowest BCUT2D eigenvalue weighted by atomic mass is 10.1. The number of carboxylic acid groups (broad SMARTS) is 1. The number of nitrogens with one attached hydrogen (secondary N) is 1. The number of methoxy groups -OCH3 is 1. The minimum Gasteiger partial charge on any atom is -0.496 e. The van der Waals surface area contributed by atoms with Crippen LogP contribution in [0.15, 0.2) is 30.4 Å². The first-order valence-electron chi connectivity index (χ1n) is 6.16. The molecule has 2 rings (SSSR count). The minimum atomic E-state index is -0.886. The first-order valence-corrected chi connectivity index (χ1v) is 6.16. The molecule has 6 heteroatoms. The molecule has 0 fully saturated rings. The molecule has 0 aliphatic heterocycles. The summed E-state index contributed by atoms with van der Waals surface area (Å²) in [6.07, 6.45) is 3.65. The first kappa shape index (κ1) is 13.9. The van der Waals surface area contributed by atoms with Gasteiger partial charge in [0.2, 0.25) is 0 Å². The van der Waals surface area contributed by atoms with Crippen LogP contribution in [0.1, 0.15) is 16.8 Å². The zero-order valence-electron chi connectivity index (χ0n) is 11.0. The number of ether oxygens (including phenoxy) is 1. The lowest BCUT2D eigenvalue weighted by molar-refractivity contribution is -0.140. The third-order valence-corrected chi connectivity index (χ3v) is 3.19. The van der Waals surface area contributed by atoms with E-state index in [-0.39, 0.29) is 11.9 Å². The SMILES string of the molecule is COc1cc(N)ccc1C(=O)NC1C=CC(C(=O)O)C1. The minimum absolute atomic E-state index is 0.286. The maximum Gasteiger partial charge on any atom is 0.310 e. The predicted octanol–water partition coefficient (Wildman–Crippen LogP) is 1.04. The second-order valence-electron chi connectivity index (χ2n) is 4.61. The molecule has 1 amide bonds. The number of carbonyl (C=O) groups is 2. The summed E-state index contributed by atoms with van der Waals surface area (Å²) in [5.74, 6) is -1.36. The van der Waals surface area contributed by atoms with E-state index < -0.39 is 11.9 Å². The van der Waals surface area contributed by atoms with E-state index in [1.807, 2.05) is 0 Å². The fourth-order valence-corrected chi connectivity index (χ4v) is 2.13. The van der Waals surface area contributed by atoms with Crippen molar-refractivity contribution in [3.63, 3.8) is 0 Å². The van der Waals surface area contributed by atoms with Gasteiger partial charge in [0.15, 0.2) is 0 Å². The van der Waals surface area contributed by atoms with Crippen molar-refractivity contribution in [2.24, 2.45) is 5.92 Å². The molecule has 4 N–H and O–H groups in total. The standard InChI is InChI=1S/C14H16N2O4/c1-20-12-7-9(15)3-5-11(12)13(17)16-10-4-2-8(6-10)14(18)19/h2-5,7-8,10H,6,15H2,1H3,(H,16,17)(H,18,19). The number of benzene rings is 1. The molecule has 106 valence electrons. The number of carbonyl (C=O) groups excluding carboxylic acids is 1. The Morgan fingerprint density at radius 1 is 1.40 bits per heavy atom. The summed E-state index contributed by atoms with van der Waals surface area (Å²) < 4.78 is 5.12. The van der Waals surface area contributed by atoms with Crippen molar-refractivity contribution >= 4 is 17.6 Å². The summed E-state index contributed by atoms with van der Waals surface area (Å²) >= 11 is 0. The average Bonchev–Trinajstić information content (AvgIpc) is 2.87. The van der Waals surface area contributed by atoms with Crippen molar-refractivity contribution in [1.82, 2.24) is 5.32 Å². The Hall–Kier alpha value is -2.50. The maximum atomic E-state index is 12.2. The van der Waals surface area contributed by atoms with Crippen molar-refractivity contribution in [2.45, 2.75) is 12.5 Å². The molecule has 1 aromatic rings.